The molecule has 0 aromatic heterocycles. The molecule has 1 fully saturated rings. The molecule has 0 aliphatic carbocycles. The van der Waals surface area contributed by atoms with E-state index in [1.165, 1.54) is 0 Å². The standard InChI is InChI=1S/C17H32N2O3/c1-5-15(20)19-11-8-14(9-12-19)16(21)18-13(2)7-6-10-17(3,4)22/h13-14,22H,5-12H2,1-4H3,(H,18,21). The zero-order chi connectivity index (χ0) is 16.8. The van der Waals surface area contributed by atoms with Crippen LogP contribution in [-0.2, 0) is 9.59 Å². The number of rotatable bonds is 7. The van der Waals surface area contributed by atoms with Crippen LogP contribution >= 0.6 is 0 Å². The molecule has 1 aliphatic rings. The summed E-state index contributed by atoms with van der Waals surface area (Å²) in [6, 6.07) is 0.130. The van der Waals surface area contributed by atoms with E-state index in [4.69, 9.17) is 0 Å². The van der Waals surface area contributed by atoms with Gasteiger partial charge < -0.3 is 15.3 Å². The first-order chi connectivity index (χ1) is 10.2. The number of nitrogens with zero attached hydrogens (tertiary/aromatic N) is 1. The third-order valence-corrected chi connectivity index (χ3v) is 4.34. The second-order valence-electron chi connectivity index (χ2n) is 7.12. The predicted molar refractivity (Wildman–Crippen MR) is 87.3 cm³/mol. The Balaban J connectivity index is 2.27. The second kappa shape index (κ2) is 8.51. The Morgan fingerprint density at radius 3 is 2.41 bits per heavy atom. The van der Waals surface area contributed by atoms with E-state index in [0.717, 1.165) is 32.1 Å². The molecule has 1 rings (SSSR count). The van der Waals surface area contributed by atoms with Crippen LogP contribution in [0.25, 0.3) is 0 Å². The van der Waals surface area contributed by atoms with Crippen molar-refractivity contribution in [3.05, 3.63) is 0 Å². The van der Waals surface area contributed by atoms with E-state index in [1.807, 2.05) is 32.6 Å². The minimum absolute atomic E-state index is 0.0256. The Morgan fingerprint density at radius 1 is 1.32 bits per heavy atom. The molecule has 1 unspecified atom stereocenters. The van der Waals surface area contributed by atoms with Crippen LogP contribution in [0, 0.1) is 5.92 Å². The van der Waals surface area contributed by atoms with E-state index >= 15 is 0 Å². The van der Waals surface area contributed by atoms with Crippen LogP contribution in [0.15, 0.2) is 0 Å². The Hall–Kier alpha value is -1.10. The van der Waals surface area contributed by atoms with Gasteiger partial charge in [-0.2, -0.15) is 0 Å². The maximum atomic E-state index is 12.3. The van der Waals surface area contributed by atoms with Crippen LogP contribution in [0.5, 0.6) is 0 Å². The van der Waals surface area contributed by atoms with Gasteiger partial charge in [0.25, 0.3) is 0 Å². The second-order valence-corrected chi connectivity index (χ2v) is 7.12. The number of hydrogen-bond acceptors (Lipinski definition) is 3. The van der Waals surface area contributed by atoms with Crippen molar-refractivity contribution in [2.75, 3.05) is 13.1 Å². The number of hydrogen-bond donors (Lipinski definition) is 2. The van der Waals surface area contributed by atoms with Gasteiger partial charge in [0.05, 0.1) is 5.60 Å². The highest BCUT2D eigenvalue weighted by Gasteiger charge is 2.27. The van der Waals surface area contributed by atoms with Crippen LogP contribution in [0.4, 0.5) is 0 Å². The Kier molecular flexibility index (Phi) is 7.33. The van der Waals surface area contributed by atoms with Crippen molar-refractivity contribution in [1.29, 1.82) is 0 Å². The molecule has 0 radical (unpaired) electrons. The minimum atomic E-state index is -0.637. The van der Waals surface area contributed by atoms with Crippen molar-refractivity contribution in [3.8, 4) is 0 Å². The summed E-state index contributed by atoms with van der Waals surface area (Å²) in [5, 5.41) is 12.8. The normalized spacial score (nSPS) is 18.1. The van der Waals surface area contributed by atoms with Crippen molar-refractivity contribution in [1.82, 2.24) is 10.2 Å². The molecule has 5 nitrogen and oxygen atoms in total. The van der Waals surface area contributed by atoms with Crippen LogP contribution in [0.3, 0.4) is 0 Å². The summed E-state index contributed by atoms with van der Waals surface area (Å²) >= 11 is 0. The fraction of sp³-hybridized carbons (Fsp3) is 0.882. The molecular weight excluding hydrogens is 280 g/mol. The van der Waals surface area contributed by atoms with E-state index in [0.29, 0.717) is 19.5 Å². The van der Waals surface area contributed by atoms with Crippen LogP contribution in [0.2, 0.25) is 0 Å². The summed E-state index contributed by atoms with van der Waals surface area (Å²) in [6.45, 7) is 8.88. The average molecular weight is 312 g/mol. The van der Waals surface area contributed by atoms with Crippen molar-refractivity contribution >= 4 is 11.8 Å². The zero-order valence-electron chi connectivity index (χ0n) is 14.5. The molecule has 128 valence electrons. The third-order valence-electron chi connectivity index (χ3n) is 4.34. The summed E-state index contributed by atoms with van der Waals surface area (Å²) in [4.78, 5) is 25.7. The van der Waals surface area contributed by atoms with Gasteiger partial charge >= 0.3 is 0 Å². The maximum Gasteiger partial charge on any atom is 0.223 e. The van der Waals surface area contributed by atoms with Gasteiger partial charge in [0, 0.05) is 31.5 Å². The number of piperidine rings is 1. The molecule has 0 spiro atoms. The molecule has 1 saturated heterocycles. The van der Waals surface area contributed by atoms with E-state index < -0.39 is 5.60 Å². The first-order valence-corrected chi connectivity index (χ1v) is 8.53. The maximum absolute atomic E-state index is 12.3. The Labute approximate surface area is 134 Å². The summed E-state index contributed by atoms with van der Waals surface area (Å²) in [6.07, 6.45) is 4.57. The van der Waals surface area contributed by atoms with Crippen LogP contribution in [-0.4, -0.2) is 46.6 Å². The summed E-state index contributed by atoms with van der Waals surface area (Å²) in [7, 11) is 0. The van der Waals surface area contributed by atoms with Gasteiger partial charge in [0.2, 0.25) is 11.8 Å². The molecular formula is C17H32N2O3. The van der Waals surface area contributed by atoms with Gasteiger partial charge in [-0.25, -0.2) is 0 Å². The largest absolute Gasteiger partial charge is 0.390 e. The van der Waals surface area contributed by atoms with Gasteiger partial charge in [0.1, 0.15) is 0 Å². The van der Waals surface area contributed by atoms with E-state index in [1.54, 1.807) is 0 Å². The third kappa shape index (κ3) is 6.77. The van der Waals surface area contributed by atoms with Crippen molar-refractivity contribution in [2.24, 2.45) is 5.92 Å². The number of amides is 2. The lowest BCUT2D eigenvalue weighted by atomic mass is 9.94. The van der Waals surface area contributed by atoms with Gasteiger partial charge in [-0.1, -0.05) is 6.92 Å². The van der Waals surface area contributed by atoms with Gasteiger partial charge in [-0.05, 0) is 52.9 Å². The highest BCUT2D eigenvalue weighted by atomic mass is 16.3. The summed E-state index contributed by atoms with van der Waals surface area (Å²) in [5.74, 6) is 0.316. The number of carbonyl (C=O) groups excluding carboxylic acids is 2. The van der Waals surface area contributed by atoms with Crippen LogP contribution in [0.1, 0.15) is 66.2 Å². The van der Waals surface area contributed by atoms with Crippen molar-refractivity contribution < 1.29 is 14.7 Å². The minimum Gasteiger partial charge on any atom is -0.390 e. The molecule has 0 aromatic carbocycles. The molecule has 1 atom stereocenters. The smallest absolute Gasteiger partial charge is 0.223 e. The molecule has 5 heteroatoms. The van der Waals surface area contributed by atoms with Gasteiger partial charge in [0.15, 0.2) is 0 Å². The number of likely N-dealkylation sites (tertiary alicyclic amines) is 1. The van der Waals surface area contributed by atoms with E-state index in [2.05, 4.69) is 5.32 Å². The van der Waals surface area contributed by atoms with Crippen molar-refractivity contribution in [3.63, 3.8) is 0 Å². The average Bonchev–Trinajstić information content (AvgIpc) is 2.45. The number of carbonyl (C=O) groups is 2. The van der Waals surface area contributed by atoms with Gasteiger partial charge in [-0.15, -0.1) is 0 Å². The van der Waals surface area contributed by atoms with Crippen LogP contribution < -0.4 is 5.32 Å². The molecule has 22 heavy (non-hydrogen) atoms. The molecule has 0 aromatic rings. The Morgan fingerprint density at radius 2 is 1.91 bits per heavy atom. The molecule has 1 heterocycles. The SMILES string of the molecule is CCC(=O)N1CCC(C(=O)NC(C)CCCC(C)(C)O)CC1. The lowest BCUT2D eigenvalue weighted by Gasteiger charge is -2.31. The molecule has 0 saturated carbocycles. The summed E-state index contributed by atoms with van der Waals surface area (Å²) in [5.41, 5.74) is -0.637. The fourth-order valence-electron chi connectivity index (χ4n) is 2.89. The highest BCUT2D eigenvalue weighted by Crippen LogP contribution is 2.19. The number of aliphatic hydroxyl groups is 1. The lowest BCUT2D eigenvalue weighted by Crippen LogP contribution is -2.44. The molecule has 2 amide bonds. The van der Waals surface area contributed by atoms with E-state index in [-0.39, 0.29) is 23.8 Å². The first kappa shape index (κ1) is 18.9. The van der Waals surface area contributed by atoms with E-state index in [9.17, 15) is 14.7 Å². The predicted octanol–water partition coefficient (Wildman–Crippen LogP) is 2.08. The number of nitrogens with one attached hydrogen (secondary N) is 1. The summed E-state index contributed by atoms with van der Waals surface area (Å²) < 4.78 is 0. The highest BCUT2D eigenvalue weighted by molar-refractivity contribution is 5.80. The Bertz CT molecular complexity index is 369. The van der Waals surface area contributed by atoms with Crippen molar-refractivity contribution in [2.45, 2.75) is 77.9 Å². The zero-order valence-corrected chi connectivity index (χ0v) is 14.5. The molecule has 2 N–H and O–H groups in total. The quantitative estimate of drug-likeness (QED) is 0.756. The fourth-order valence-corrected chi connectivity index (χ4v) is 2.89. The molecule has 1 aliphatic heterocycles. The monoisotopic (exact) mass is 312 g/mol. The lowest BCUT2D eigenvalue weighted by molar-refractivity contribution is -0.135. The first-order valence-electron chi connectivity index (χ1n) is 8.53. The van der Waals surface area contributed by atoms with Gasteiger partial charge in [-0.3, -0.25) is 9.59 Å². The molecule has 0 bridgehead atoms. The topological polar surface area (TPSA) is 69.6 Å².